The van der Waals surface area contributed by atoms with Gasteiger partial charge in [-0.25, -0.2) is 4.79 Å². The van der Waals surface area contributed by atoms with Crippen molar-refractivity contribution in [1.82, 2.24) is 4.98 Å². The molecule has 2 rings (SSSR count). The van der Waals surface area contributed by atoms with Crippen molar-refractivity contribution in [1.29, 1.82) is 0 Å². The summed E-state index contributed by atoms with van der Waals surface area (Å²) in [7, 11) is 0. The molecule has 29 heavy (non-hydrogen) atoms. The molecule has 0 spiro atoms. The van der Waals surface area contributed by atoms with Gasteiger partial charge in [-0.05, 0) is 43.5 Å². The van der Waals surface area contributed by atoms with Crippen LogP contribution in [-0.2, 0) is 20.7 Å². The van der Waals surface area contributed by atoms with Gasteiger partial charge in [-0.15, -0.1) is 0 Å². The first-order chi connectivity index (χ1) is 14.0. The van der Waals surface area contributed by atoms with E-state index < -0.39 is 5.97 Å². The third-order valence-corrected chi connectivity index (χ3v) is 4.07. The summed E-state index contributed by atoms with van der Waals surface area (Å²) in [4.78, 5) is 39.6. The lowest BCUT2D eigenvalue weighted by Gasteiger charge is -2.10. The van der Waals surface area contributed by atoms with Crippen LogP contribution in [-0.4, -0.2) is 35.9 Å². The zero-order valence-electron chi connectivity index (χ0n) is 16.4. The van der Waals surface area contributed by atoms with Gasteiger partial charge >= 0.3 is 5.97 Å². The molecule has 0 radical (unpaired) electrons. The fraction of sp³-hybridized carbons (Fsp3) is 0.333. The number of amides is 2. The minimum absolute atomic E-state index is 0.116. The van der Waals surface area contributed by atoms with Crippen LogP contribution in [0.2, 0.25) is 0 Å². The van der Waals surface area contributed by atoms with Crippen LogP contribution in [0.25, 0.3) is 0 Å². The smallest absolute Gasteiger partial charge is 0.340 e. The number of benzene rings is 1. The molecule has 0 aliphatic rings. The van der Waals surface area contributed by atoms with Crippen molar-refractivity contribution in [2.24, 2.45) is 5.73 Å². The molecular formula is C21H26N4O4. The van der Waals surface area contributed by atoms with Gasteiger partial charge in [0, 0.05) is 31.3 Å². The summed E-state index contributed by atoms with van der Waals surface area (Å²) in [6.07, 6.45) is 4.84. The highest BCUT2D eigenvalue weighted by Gasteiger charge is 2.14. The quantitative estimate of drug-likeness (QED) is 0.528. The average Bonchev–Trinajstić information content (AvgIpc) is 2.70. The van der Waals surface area contributed by atoms with Gasteiger partial charge in [-0.3, -0.25) is 14.6 Å². The molecule has 0 aliphatic carbocycles. The van der Waals surface area contributed by atoms with E-state index in [1.54, 1.807) is 6.92 Å². The van der Waals surface area contributed by atoms with Crippen molar-refractivity contribution in [2.75, 3.05) is 23.8 Å². The van der Waals surface area contributed by atoms with Gasteiger partial charge in [-0.1, -0.05) is 12.1 Å². The van der Waals surface area contributed by atoms with Crippen molar-refractivity contribution < 1.29 is 19.1 Å². The Hall–Kier alpha value is -3.26. The number of anilines is 2. The van der Waals surface area contributed by atoms with Gasteiger partial charge in [-0.2, -0.15) is 0 Å². The van der Waals surface area contributed by atoms with Gasteiger partial charge < -0.3 is 21.1 Å². The maximum Gasteiger partial charge on any atom is 0.340 e. The number of nitrogens with two attached hydrogens (primary N) is 1. The van der Waals surface area contributed by atoms with Crippen molar-refractivity contribution in [3.8, 4) is 0 Å². The number of ether oxygens (including phenoxy) is 1. The maximum absolute atomic E-state index is 12.2. The number of pyridine rings is 1. The van der Waals surface area contributed by atoms with E-state index in [4.69, 9.17) is 10.5 Å². The topological polar surface area (TPSA) is 123 Å². The lowest BCUT2D eigenvalue weighted by molar-refractivity contribution is -0.117. The molecule has 0 aliphatic heterocycles. The summed E-state index contributed by atoms with van der Waals surface area (Å²) in [5, 5.41) is 5.49. The summed E-state index contributed by atoms with van der Waals surface area (Å²) in [5.41, 5.74) is 7.75. The largest absolute Gasteiger partial charge is 0.462 e. The van der Waals surface area contributed by atoms with E-state index in [-0.39, 0.29) is 30.4 Å². The number of aromatic nitrogens is 1. The van der Waals surface area contributed by atoms with Gasteiger partial charge in [0.05, 0.1) is 24.1 Å². The zero-order chi connectivity index (χ0) is 21.1. The number of rotatable bonds is 10. The minimum atomic E-state index is -0.496. The molecule has 8 heteroatoms. The molecule has 0 atom stereocenters. The SMILES string of the molecule is CCOC(=O)c1ccncc1NC(=O)CCCc1ccc(NC(=O)CCN)cc1. The van der Waals surface area contributed by atoms with Crippen LogP contribution in [0.4, 0.5) is 11.4 Å². The van der Waals surface area contributed by atoms with Crippen LogP contribution >= 0.6 is 0 Å². The number of esters is 1. The summed E-state index contributed by atoms with van der Waals surface area (Å²) < 4.78 is 4.99. The van der Waals surface area contributed by atoms with E-state index in [2.05, 4.69) is 15.6 Å². The van der Waals surface area contributed by atoms with Gasteiger partial charge in [0.15, 0.2) is 0 Å². The Morgan fingerprint density at radius 2 is 1.76 bits per heavy atom. The predicted molar refractivity (Wildman–Crippen MR) is 111 cm³/mol. The number of aryl methyl sites for hydroxylation is 1. The Morgan fingerprint density at radius 3 is 2.45 bits per heavy atom. The molecule has 0 fully saturated rings. The second kappa shape index (κ2) is 11.6. The molecule has 8 nitrogen and oxygen atoms in total. The molecule has 0 unspecified atom stereocenters. The summed E-state index contributed by atoms with van der Waals surface area (Å²) in [6, 6.07) is 8.99. The molecular weight excluding hydrogens is 372 g/mol. The molecule has 0 saturated carbocycles. The number of carbonyl (C=O) groups excluding carboxylic acids is 3. The second-order valence-corrected chi connectivity index (χ2v) is 6.33. The first kappa shape index (κ1) is 22.0. The average molecular weight is 398 g/mol. The van der Waals surface area contributed by atoms with E-state index in [0.29, 0.717) is 37.2 Å². The van der Waals surface area contributed by atoms with Crippen LogP contribution in [0, 0.1) is 0 Å². The van der Waals surface area contributed by atoms with Crippen LogP contribution < -0.4 is 16.4 Å². The lowest BCUT2D eigenvalue weighted by Crippen LogP contribution is -2.16. The third-order valence-electron chi connectivity index (χ3n) is 4.07. The first-order valence-corrected chi connectivity index (χ1v) is 9.53. The Balaban J connectivity index is 1.82. The van der Waals surface area contributed by atoms with E-state index in [0.717, 1.165) is 5.56 Å². The van der Waals surface area contributed by atoms with E-state index in [1.165, 1.54) is 18.5 Å². The summed E-state index contributed by atoms with van der Waals surface area (Å²) >= 11 is 0. The minimum Gasteiger partial charge on any atom is -0.462 e. The number of nitrogens with zero attached hydrogens (tertiary/aromatic N) is 1. The Morgan fingerprint density at radius 1 is 1.03 bits per heavy atom. The fourth-order valence-electron chi connectivity index (χ4n) is 2.66. The van der Waals surface area contributed by atoms with E-state index >= 15 is 0 Å². The van der Waals surface area contributed by atoms with Gasteiger partial charge in [0.25, 0.3) is 0 Å². The van der Waals surface area contributed by atoms with Crippen molar-refractivity contribution in [3.05, 3.63) is 53.9 Å². The molecule has 2 amide bonds. The van der Waals surface area contributed by atoms with E-state index in [9.17, 15) is 14.4 Å². The predicted octanol–water partition coefficient (Wildman–Crippen LogP) is 2.51. The summed E-state index contributed by atoms with van der Waals surface area (Å²) in [6.45, 7) is 2.29. The number of hydrogen-bond acceptors (Lipinski definition) is 6. The standard InChI is InChI=1S/C21H26N4O4/c1-2-29-21(28)17-11-13-23-14-18(17)25-19(26)5-3-4-15-6-8-16(9-7-15)24-20(27)10-12-22/h6-9,11,13-14H,2-5,10,12,22H2,1H3,(H,24,27)(H,25,26). The van der Waals surface area contributed by atoms with Crippen LogP contribution in [0.1, 0.15) is 42.1 Å². The monoisotopic (exact) mass is 398 g/mol. The van der Waals surface area contributed by atoms with E-state index in [1.807, 2.05) is 24.3 Å². The first-order valence-electron chi connectivity index (χ1n) is 9.53. The second-order valence-electron chi connectivity index (χ2n) is 6.33. The van der Waals surface area contributed by atoms with Crippen LogP contribution in [0.5, 0.6) is 0 Å². The number of carbonyl (C=O) groups is 3. The van der Waals surface area contributed by atoms with Crippen molar-refractivity contribution in [3.63, 3.8) is 0 Å². The van der Waals surface area contributed by atoms with Crippen molar-refractivity contribution in [2.45, 2.75) is 32.6 Å². The lowest BCUT2D eigenvalue weighted by atomic mass is 10.1. The number of nitrogens with one attached hydrogen (secondary N) is 2. The molecule has 0 bridgehead atoms. The molecule has 1 heterocycles. The molecule has 1 aromatic heterocycles. The maximum atomic E-state index is 12.2. The fourth-order valence-corrected chi connectivity index (χ4v) is 2.66. The normalized spacial score (nSPS) is 10.3. The zero-order valence-corrected chi connectivity index (χ0v) is 16.4. The Bertz CT molecular complexity index is 837. The summed E-state index contributed by atoms with van der Waals surface area (Å²) in [5.74, 6) is -0.812. The Kier molecular flexibility index (Phi) is 8.78. The van der Waals surface area contributed by atoms with Gasteiger partial charge in [0.1, 0.15) is 0 Å². The van der Waals surface area contributed by atoms with Crippen LogP contribution in [0.3, 0.4) is 0 Å². The Labute approximate surface area is 169 Å². The number of hydrogen-bond donors (Lipinski definition) is 3. The third kappa shape index (κ3) is 7.34. The molecule has 1 aromatic carbocycles. The van der Waals surface area contributed by atoms with Crippen molar-refractivity contribution >= 4 is 29.2 Å². The molecule has 0 saturated heterocycles. The molecule has 154 valence electrons. The highest BCUT2D eigenvalue weighted by atomic mass is 16.5. The molecule has 4 N–H and O–H groups in total. The van der Waals surface area contributed by atoms with Crippen LogP contribution in [0.15, 0.2) is 42.7 Å². The highest BCUT2D eigenvalue weighted by Crippen LogP contribution is 2.16. The highest BCUT2D eigenvalue weighted by molar-refractivity contribution is 6.01. The molecule has 2 aromatic rings. The van der Waals surface area contributed by atoms with Gasteiger partial charge in [0.2, 0.25) is 11.8 Å².